The van der Waals surface area contributed by atoms with Crippen LogP contribution in [0.25, 0.3) is 0 Å². The molecule has 1 heterocycles. The molecule has 2 fully saturated rings. The van der Waals surface area contributed by atoms with Crippen LogP contribution in [0, 0.1) is 10.8 Å². The quantitative estimate of drug-likeness (QED) is 0.650. The van der Waals surface area contributed by atoms with E-state index in [0.717, 1.165) is 0 Å². The second kappa shape index (κ2) is 2.82. The average Bonchev–Trinajstić information content (AvgIpc) is 2.41. The number of imide groups is 1. The van der Waals surface area contributed by atoms with Crippen LogP contribution in [-0.4, -0.2) is 23.9 Å². The van der Waals surface area contributed by atoms with E-state index < -0.39 is 0 Å². The number of amides is 2. The van der Waals surface area contributed by atoms with Gasteiger partial charge in [-0.3, -0.25) is 14.9 Å². The van der Waals surface area contributed by atoms with E-state index in [-0.39, 0.29) is 35.1 Å². The molecule has 2 aliphatic rings. The summed E-state index contributed by atoms with van der Waals surface area (Å²) in [5.41, 5.74) is 0.387. The Bertz CT molecular complexity index is 319. The summed E-state index contributed by atoms with van der Waals surface area (Å²) in [6, 6.07) is -0.0183. The molecule has 0 bridgehead atoms. The predicted octanol–water partition coefficient (Wildman–Crippen LogP) is 0.426. The highest BCUT2D eigenvalue weighted by Gasteiger charge is 2.65. The summed E-state index contributed by atoms with van der Waals surface area (Å²) in [5.74, 6) is -0.354. The van der Waals surface area contributed by atoms with Crippen LogP contribution in [0.5, 0.6) is 0 Å². The summed E-state index contributed by atoms with van der Waals surface area (Å²) < 4.78 is 0. The number of rotatable bonds is 2. The topological polar surface area (TPSA) is 58.2 Å². The van der Waals surface area contributed by atoms with Gasteiger partial charge >= 0.3 is 0 Å². The summed E-state index contributed by atoms with van der Waals surface area (Å²) in [7, 11) is 0. The highest BCUT2D eigenvalue weighted by molar-refractivity contribution is 6.05. The molecule has 0 aromatic rings. The number of carbonyl (C=O) groups is 2. The van der Waals surface area contributed by atoms with Gasteiger partial charge < -0.3 is 5.32 Å². The standard InChI is InChI=1S/C11H18N2O2/c1-10(2)9(11(10,3)4)12-6-5-7(14)13-8(6)15/h6,9,12H,5H2,1-4H3,(H,13,14,15). The Kier molecular flexibility index (Phi) is 1.99. The molecule has 1 aliphatic heterocycles. The van der Waals surface area contributed by atoms with E-state index >= 15 is 0 Å². The van der Waals surface area contributed by atoms with Gasteiger partial charge in [0.25, 0.3) is 0 Å². The fourth-order valence-corrected chi connectivity index (χ4v) is 2.50. The lowest BCUT2D eigenvalue weighted by Gasteiger charge is -2.10. The van der Waals surface area contributed by atoms with Crippen LogP contribution in [0.15, 0.2) is 0 Å². The van der Waals surface area contributed by atoms with Gasteiger partial charge in [0.2, 0.25) is 11.8 Å². The Morgan fingerprint density at radius 3 is 2.07 bits per heavy atom. The van der Waals surface area contributed by atoms with Crippen molar-refractivity contribution in [2.24, 2.45) is 10.8 Å². The molecule has 2 amide bonds. The number of hydrogen-bond donors (Lipinski definition) is 2. The lowest BCUT2D eigenvalue weighted by atomic mass is 10.0. The molecular weight excluding hydrogens is 192 g/mol. The summed E-state index contributed by atoms with van der Waals surface area (Å²) in [6.07, 6.45) is 0.279. The SMILES string of the molecule is CC1(C)C(NC2CC(=O)NC2=O)C1(C)C. The predicted molar refractivity (Wildman–Crippen MR) is 56.0 cm³/mol. The second-order valence-corrected chi connectivity index (χ2v) is 5.71. The minimum absolute atomic E-state index is 0.172. The van der Waals surface area contributed by atoms with E-state index in [4.69, 9.17) is 0 Å². The summed E-state index contributed by atoms with van der Waals surface area (Å²) in [6.45, 7) is 8.72. The smallest absolute Gasteiger partial charge is 0.244 e. The lowest BCUT2D eigenvalue weighted by Crippen LogP contribution is -2.39. The highest BCUT2D eigenvalue weighted by Crippen LogP contribution is 2.62. The number of hydrogen-bond acceptors (Lipinski definition) is 3. The third-order valence-electron chi connectivity index (χ3n) is 4.36. The Labute approximate surface area is 89.8 Å². The fraction of sp³-hybridized carbons (Fsp3) is 0.818. The Morgan fingerprint density at radius 2 is 1.73 bits per heavy atom. The van der Waals surface area contributed by atoms with Gasteiger partial charge in [-0.2, -0.15) is 0 Å². The van der Waals surface area contributed by atoms with Crippen LogP contribution in [0.4, 0.5) is 0 Å². The van der Waals surface area contributed by atoms with Gasteiger partial charge in [0.15, 0.2) is 0 Å². The first-order chi connectivity index (χ1) is 6.76. The molecule has 84 valence electrons. The summed E-state index contributed by atoms with van der Waals surface area (Å²) in [5, 5.41) is 5.59. The van der Waals surface area contributed by atoms with Crippen molar-refractivity contribution >= 4 is 11.8 Å². The van der Waals surface area contributed by atoms with Crippen molar-refractivity contribution in [1.82, 2.24) is 10.6 Å². The van der Waals surface area contributed by atoms with Crippen molar-refractivity contribution in [2.45, 2.75) is 46.2 Å². The summed E-state index contributed by atoms with van der Waals surface area (Å²) >= 11 is 0. The molecule has 1 saturated heterocycles. The minimum atomic E-state index is -0.330. The van der Waals surface area contributed by atoms with Crippen LogP contribution < -0.4 is 10.6 Å². The molecule has 1 unspecified atom stereocenters. The van der Waals surface area contributed by atoms with E-state index in [1.807, 2.05) is 0 Å². The minimum Gasteiger partial charge on any atom is -0.302 e. The van der Waals surface area contributed by atoms with Gasteiger partial charge in [-0.15, -0.1) is 0 Å². The van der Waals surface area contributed by atoms with Crippen molar-refractivity contribution in [1.29, 1.82) is 0 Å². The summed E-state index contributed by atoms with van der Waals surface area (Å²) in [4.78, 5) is 22.4. The zero-order valence-electron chi connectivity index (χ0n) is 9.68. The van der Waals surface area contributed by atoms with E-state index in [0.29, 0.717) is 6.04 Å². The Balaban J connectivity index is 2.01. The van der Waals surface area contributed by atoms with Crippen molar-refractivity contribution in [2.75, 3.05) is 0 Å². The van der Waals surface area contributed by atoms with Crippen LogP contribution in [0.2, 0.25) is 0 Å². The third kappa shape index (κ3) is 1.39. The Hall–Kier alpha value is -0.900. The number of carbonyl (C=O) groups excluding carboxylic acids is 2. The largest absolute Gasteiger partial charge is 0.302 e. The van der Waals surface area contributed by atoms with Crippen molar-refractivity contribution in [3.05, 3.63) is 0 Å². The first-order valence-electron chi connectivity index (χ1n) is 5.36. The van der Waals surface area contributed by atoms with Crippen molar-refractivity contribution in [3.8, 4) is 0 Å². The molecule has 0 radical (unpaired) electrons. The third-order valence-corrected chi connectivity index (χ3v) is 4.36. The molecule has 1 saturated carbocycles. The van der Waals surface area contributed by atoms with Gasteiger partial charge in [-0.25, -0.2) is 0 Å². The van der Waals surface area contributed by atoms with E-state index in [1.54, 1.807) is 0 Å². The molecule has 0 aromatic heterocycles. The lowest BCUT2D eigenvalue weighted by molar-refractivity contribution is -0.125. The van der Waals surface area contributed by atoms with Crippen LogP contribution in [0.1, 0.15) is 34.1 Å². The maximum absolute atomic E-state index is 11.4. The number of nitrogens with one attached hydrogen (secondary N) is 2. The first-order valence-corrected chi connectivity index (χ1v) is 5.36. The maximum Gasteiger partial charge on any atom is 0.244 e. The normalized spacial score (nSPS) is 32.9. The molecule has 15 heavy (non-hydrogen) atoms. The molecule has 0 spiro atoms. The molecule has 4 nitrogen and oxygen atoms in total. The molecular formula is C11H18N2O2. The van der Waals surface area contributed by atoms with Gasteiger partial charge in [0, 0.05) is 6.04 Å². The van der Waals surface area contributed by atoms with Gasteiger partial charge in [0.05, 0.1) is 12.5 Å². The maximum atomic E-state index is 11.4. The fourth-order valence-electron chi connectivity index (χ4n) is 2.50. The van der Waals surface area contributed by atoms with Gasteiger partial charge in [-0.05, 0) is 10.8 Å². The van der Waals surface area contributed by atoms with E-state index in [1.165, 1.54) is 0 Å². The van der Waals surface area contributed by atoms with Crippen molar-refractivity contribution in [3.63, 3.8) is 0 Å². The zero-order valence-corrected chi connectivity index (χ0v) is 9.68. The molecule has 1 aliphatic carbocycles. The second-order valence-electron chi connectivity index (χ2n) is 5.71. The molecule has 1 atom stereocenters. The average molecular weight is 210 g/mol. The van der Waals surface area contributed by atoms with E-state index in [2.05, 4.69) is 38.3 Å². The molecule has 4 heteroatoms. The van der Waals surface area contributed by atoms with E-state index in [9.17, 15) is 9.59 Å². The van der Waals surface area contributed by atoms with Gasteiger partial charge in [0.1, 0.15) is 0 Å². The molecule has 2 rings (SSSR count). The molecule has 0 aromatic carbocycles. The zero-order chi connectivity index (χ0) is 11.4. The van der Waals surface area contributed by atoms with Crippen molar-refractivity contribution < 1.29 is 9.59 Å². The monoisotopic (exact) mass is 210 g/mol. The first kappa shape index (κ1) is 10.6. The molecule has 2 N–H and O–H groups in total. The van der Waals surface area contributed by atoms with Crippen LogP contribution in [0.3, 0.4) is 0 Å². The highest BCUT2D eigenvalue weighted by atomic mass is 16.2. The van der Waals surface area contributed by atoms with Gasteiger partial charge in [-0.1, -0.05) is 27.7 Å². The van der Waals surface area contributed by atoms with Crippen LogP contribution in [-0.2, 0) is 9.59 Å². The van der Waals surface area contributed by atoms with Crippen LogP contribution >= 0.6 is 0 Å². The Morgan fingerprint density at radius 1 is 1.20 bits per heavy atom.